The molecule has 37 heavy (non-hydrogen) atoms. The number of nitrogens with one attached hydrogen (secondary N) is 1. The lowest BCUT2D eigenvalue weighted by Gasteiger charge is -2.14. The van der Waals surface area contributed by atoms with E-state index in [4.69, 9.17) is 9.47 Å². The van der Waals surface area contributed by atoms with Crippen LogP contribution in [0.4, 0.5) is 0 Å². The fraction of sp³-hybridized carbons (Fsp3) is 0.194. The van der Waals surface area contributed by atoms with Crippen LogP contribution in [0.15, 0.2) is 84.0 Å². The maximum absolute atomic E-state index is 12.8. The molecule has 4 aromatic carbocycles. The van der Waals surface area contributed by atoms with Crippen molar-refractivity contribution in [1.29, 1.82) is 0 Å². The first-order chi connectivity index (χ1) is 17.8. The third-order valence-corrected chi connectivity index (χ3v) is 5.92. The monoisotopic (exact) mass is 494 g/mol. The van der Waals surface area contributed by atoms with E-state index < -0.39 is 11.9 Å². The first-order valence-corrected chi connectivity index (χ1v) is 12.2. The molecule has 0 saturated heterocycles. The summed E-state index contributed by atoms with van der Waals surface area (Å²) in [6, 6.07) is 24.5. The van der Waals surface area contributed by atoms with E-state index in [-0.39, 0.29) is 12.5 Å². The lowest BCUT2D eigenvalue weighted by atomic mass is 10.0. The summed E-state index contributed by atoms with van der Waals surface area (Å²) in [4.78, 5) is 25.3. The van der Waals surface area contributed by atoms with Crippen molar-refractivity contribution in [3.05, 3.63) is 107 Å². The van der Waals surface area contributed by atoms with Crippen molar-refractivity contribution in [2.45, 2.75) is 33.6 Å². The number of hydrazone groups is 1. The van der Waals surface area contributed by atoms with Gasteiger partial charge >= 0.3 is 5.97 Å². The number of rotatable bonds is 8. The topological polar surface area (TPSA) is 77.0 Å². The maximum Gasteiger partial charge on any atom is 0.343 e. The number of fused-ring (bicyclic) bond motifs is 1. The van der Waals surface area contributed by atoms with E-state index >= 15 is 0 Å². The number of esters is 1. The molecule has 0 aliphatic heterocycles. The predicted molar refractivity (Wildman–Crippen MR) is 147 cm³/mol. The van der Waals surface area contributed by atoms with Crippen LogP contribution in [0.5, 0.6) is 11.5 Å². The highest BCUT2D eigenvalue weighted by molar-refractivity contribution is 6.04. The lowest BCUT2D eigenvalue weighted by molar-refractivity contribution is -0.123. The van der Waals surface area contributed by atoms with Crippen molar-refractivity contribution in [2.75, 3.05) is 6.61 Å². The third-order valence-electron chi connectivity index (χ3n) is 5.92. The van der Waals surface area contributed by atoms with Crippen molar-refractivity contribution in [3.63, 3.8) is 0 Å². The van der Waals surface area contributed by atoms with Crippen molar-refractivity contribution < 1.29 is 19.1 Å². The molecule has 4 aromatic rings. The summed E-state index contributed by atoms with van der Waals surface area (Å²) >= 11 is 0. The molecule has 6 nitrogen and oxygen atoms in total. The average Bonchev–Trinajstić information content (AvgIpc) is 2.88. The van der Waals surface area contributed by atoms with E-state index in [1.165, 1.54) is 6.21 Å². The number of ether oxygens (including phenoxy) is 2. The molecule has 4 rings (SSSR count). The Bertz CT molecular complexity index is 1470. The second-order valence-electron chi connectivity index (χ2n) is 9.24. The van der Waals surface area contributed by atoms with Crippen LogP contribution in [0, 0.1) is 13.8 Å². The van der Waals surface area contributed by atoms with Crippen LogP contribution in [0.1, 0.15) is 52.4 Å². The van der Waals surface area contributed by atoms with Gasteiger partial charge in [-0.25, -0.2) is 10.2 Å². The van der Waals surface area contributed by atoms with Gasteiger partial charge in [0.1, 0.15) is 11.5 Å². The zero-order valence-electron chi connectivity index (χ0n) is 21.4. The molecule has 0 bridgehead atoms. The number of amides is 1. The van der Waals surface area contributed by atoms with Gasteiger partial charge in [-0.15, -0.1) is 0 Å². The molecule has 0 fully saturated rings. The minimum atomic E-state index is -0.467. The first-order valence-electron chi connectivity index (χ1n) is 12.2. The molecule has 0 unspecified atom stereocenters. The molecule has 6 heteroatoms. The van der Waals surface area contributed by atoms with E-state index in [1.807, 2.05) is 74.5 Å². The summed E-state index contributed by atoms with van der Waals surface area (Å²) in [6.07, 6.45) is 1.49. The van der Waals surface area contributed by atoms with Crippen LogP contribution in [0.3, 0.4) is 0 Å². The number of carbonyl (C=O) groups excluding carboxylic acids is 2. The van der Waals surface area contributed by atoms with Crippen molar-refractivity contribution >= 4 is 28.9 Å². The first kappa shape index (κ1) is 25.6. The Kier molecular flexibility index (Phi) is 7.98. The van der Waals surface area contributed by atoms with Gasteiger partial charge < -0.3 is 9.47 Å². The molecule has 0 radical (unpaired) electrons. The number of carbonyl (C=O) groups is 2. The van der Waals surface area contributed by atoms with Gasteiger partial charge in [-0.05, 0) is 65.9 Å². The summed E-state index contributed by atoms with van der Waals surface area (Å²) < 4.78 is 11.5. The number of nitrogens with zero attached hydrogens (tertiary/aromatic N) is 1. The molecule has 0 aliphatic rings. The summed E-state index contributed by atoms with van der Waals surface area (Å²) in [5, 5.41) is 5.93. The Hall–Kier alpha value is -4.45. The summed E-state index contributed by atoms with van der Waals surface area (Å²) in [5.41, 5.74) is 6.62. The minimum absolute atomic E-state index is 0.175. The van der Waals surface area contributed by atoms with Gasteiger partial charge in [0.2, 0.25) is 0 Å². The Morgan fingerprint density at radius 3 is 2.46 bits per heavy atom. The quantitative estimate of drug-likeness (QED) is 0.134. The minimum Gasteiger partial charge on any atom is -0.483 e. The van der Waals surface area contributed by atoms with Gasteiger partial charge in [0.05, 0.1) is 11.8 Å². The van der Waals surface area contributed by atoms with E-state index in [9.17, 15) is 9.59 Å². The van der Waals surface area contributed by atoms with Crippen molar-refractivity contribution in [3.8, 4) is 11.5 Å². The second kappa shape index (κ2) is 11.5. The van der Waals surface area contributed by atoms with Gasteiger partial charge in [-0.1, -0.05) is 74.0 Å². The van der Waals surface area contributed by atoms with Gasteiger partial charge in [-0.2, -0.15) is 5.10 Å². The Labute approximate surface area is 216 Å². The molecule has 1 amide bonds. The Morgan fingerprint density at radius 2 is 1.68 bits per heavy atom. The molecule has 0 saturated carbocycles. The molecule has 1 N–H and O–H groups in total. The van der Waals surface area contributed by atoms with Crippen LogP contribution in [0.2, 0.25) is 0 Å². The van der Waals surface area contributed by atoms with E-state index in [0.29, 0.717) is 22.6 Å². The molecule has 0 atom stereocenters. The zero-order chi connectivity index (χ0) is 26.4. The van der Waals surface area contributed by atoms with E-state index in [2.05, 4.69) is 24.4 Å². The molecule has 0 heterocycles. The van der Waals surface area contributed by atoms with Crippen molar-refractivity contribution in [1.82, 2.24) is 5.43 Å². The SMILES string of the molecule is Cc1cccc(C(=O)Oc2ccc3ccccc3c2/C=N/NC(=O)COc2cc(C)ccc2C(C)C)c1. The standard InChI is InChI=1S/C31H30N2O4/c1-20(2)25-14-12-22(4)17-29(25)36-19-30(34)33-32-18-27-26-11-6-5-9-23(26)13-15-28(27)37-31(35)24-10-7-8-21(3)16-24/h5-18,20H,19H2,1-4H3,(H,33,34)/b32-18+. The average molecular weight is 495 g/mol. The van der Waals surface area contributed by atoms with E-state index in [1.54, 1.807) is 18.2 Å². The van der Waals surface area contributed by atoms with Gasteiger partial charge in [-0.3, -0.25) is 4.79 Å². The number of hydrogen-bond acceptors (Lipinski definition) is 5. The normalized spacial score (nSPS) is 11.2. The lowest BCUT2D eigenvalue weighted by Crippen LogP contribution is -2.25. The molecule has 0 spiro atoms. The number of benzene rings is 4. The van der Waals surface area contributed by atoms with Crippen LogP contribution in [-0.2, 0) is 4.79 Å². The Morgan fingerprint density at radius 1 is 0.892 bits per heavy atom. The summed E-state index contributed by atoms with van der Waals surface area (Å²) in [6.45, 7) is 7.88. The van der Waals surface area contributed by atoms with Gasteiger partial charge in [0.15, 0.2) is 6.61 Å². The van der Waals surface area contributed by atoms with Crippen molar-refractivity contribution in [2.24, 2.45) is 5.10 Å². The molecular weight excluding hydrogens is 464 g/mol. The largest absolute Gasteiger partial charge is 0.483 e. The number of aryl methyl sites for hydroxylation is 2. The fourth-order valence-corrected chi connectivity index (χ4v) is 4.02. The van der Waals surface area contributed by atoms with E-state index in [0.717, 1.165) is 27.5 Å². The smallest absolute Gasteiger partial charge is 0.343 e. The molecule has 0 aromatic heterocycles. The molecule has 0 aliphatic carbocycles. The number of hydrogen-bond donors (Lipinski definition) is 1. The van der Waals surface area contributed by atoms with Crippen LogP contribution in [0.25, 0.3) is 10.8 Å². The summed E-state index contributed by atoms with van der Waals surface area (Å²) in [5.74, 6) is 0.439. The fourth-order valence-electron chi connectivity index (χ4n) is 4.02. The summed E-state index contributed by atoms with van der Waals surface area (Å²) in [7, 11) is 0. The third kappa shape index (κ3) is 6.41. The van der Waals surface area contributed by atoms with Gasteiger partial charge in [0.25, 0.3) is 5.91 Å². The second-order valence-corrected chi connectivity index (χ2v) is 9.24. The highest BCUT2D eigenvalue weighted by Gasteiger charge is 2.14. The predicted octanol–water partition coefficient (Wildman–Crippen LogP) is 6.33. The van der Waals surface area contributed by atoms with Crippen LogP contribution in [-0.4, -0.2) is 24.7 Å². The maximum atomic E-state index is 12.8. The Balaban J connectivity index is 1.51. The van der Waals surface area contributed by atoms with Gasteiger partial charge in [0, 0.05) is 5.56 Å². The van der Waals surface area contributed by atoms with Crippen LogP contribution < -0.4 is 14.9 Å². The zero-order valence-corrected chi connectivity index (χ0v) is 21.4. The highest BCUT2D eigenvalue weighted by atomic mass is 16.5. The molecule has 188 valence electrons. The molecular formula is C31H30N2O4. The van der Waals surface area contributed by atoms with Crippen LogP contribution >= 0.6 is 0 Å². The highest BCUT2D eigenvalue weighted by Crippen LogP contribution is 2.28.